The average molecular weight is 267 g/mol. The van der Waals surface area contributed by atoms with Crippen LogP contribution in [0.2, 0.25) is 0 Å². The zero-order valence-electron chi connectivity index (χ0n) is 9.79. The molecule has 0 aromatic carbocycles. The lowest BCUT2D eigenvalue weighted by atomic mass is 10.1. The van der Waals surface area contributed by atoms with Crippen molar-refractivity contribution in [3.63, 3.8) is 0 Å². The van der Waals surface area contributed by atoms with E-state index in [0.29, 0.717) is 11.2 Å². The summed E-state index contributed by atoms with van der Waals surface area (Å²) in [4.78, 5) is 11.9. The molecule has 0 spiro atoms. The normalized spacial score (nSPS) is 31.1. The molecule has 3 rings (SSSR count). The Morgan fingerprint density at radius 2 is 2.11 bits per heavy atom. The van der Waals surface area contributed by atoms with Crippen LogP contribution in [0.5, 0.6) is 0 Å². The lowest BCUT2D eigenvalue weighted by Gasteiger charge is -2.16. The minimum atomic E-state index is -1.19. The van der Waals surface area contributed by atoms with Gasteiger partial charge in [0.15, 0.2) is 11.9 Å². The number of rotatable bonds is 2. The number of fused-ring (bicyclic) bond motifs is 1. The maximum absolute atomic E-state index is 9.95. The number of nitrogen functional groups attached to an aromatic ring is 1. The molecular formula is C10H13N5O4. The van der Waals surface area contributed by atoms with Gasteiger partial charge in [-0.2, -0.15) is 4.98 Å². The van der Waals surface area contributed by atoms with E-state index in [4.69, 9.17) is 15.6 Å². The third-order valence-electron chi connectivity index (χ3n) is 3.13. The molecule has 102 valence electrons. The third-order valence-corrected chi connectivity index (χ3v) is 3.13. The van der Waals surface area contributed by atoms with Gasteiger partial charge < -0.3 is 25.8 Å². The van der Waals surface area contributed by atoms with Gasteiger partial charge in [0.1, 0.15) is 23.8 Å². The number of nitrogens with two attached hydrogens (primary N) is 1. The first-order chi connectivity index (χ1) is 9.11. The highest BCUT2D eigenvalue weighted by Gasteiger charge is 2.43. The van der Waals surface area contributed by atoms with Crippen LogP contribution in [0, 0.1) is 0 Å². The van der Waals surface area contributed by atoms with Crippen LogP contribution >= 0.6 is 0 Å². The summed E-state index contributed by atoms with van der Waals surface area (Å²) in [6.07, 6.45) is -1.23. The van der Waals surface area contributed by atoms with Crippen molar-refractivity contribution in [2.45, 2.75) is 24.5 Å². The van der Waals surface area contributed by atoms with Crippen molar-refractivity contribution >= 4 is 17.1 Å². The lowest BCUT2D eigenvalue weighted by Crippen LogP contribution is -2.33. The maximum atomic E-state index is 9.95. The second-order valence-corrected chi connectivity index (χ2v) is 4.32. The number of ether oxygens (including phenoxy) is 1. The van der Waals surface area contributed by atoms with E-state index in [-0.39, 0.29) is 5.95 Å². The number of imidazole rings is 1. The van der Waals surface area contributed by atoms with E-state index in [1.165, 1.54) is 17.1 Å². The van der Waals surface area contributed by atoms with E-state index < -0.39 is 31.1 Å². The Bertz CT molecular complexity index is 603. The molecule has 2 aromatic rings. The van der Waals surface area contributed by atoms with Gasteiger partial charge in [0.25, 0.3) is 0 Å². The van der Waals surface area contributed by atoms with Crippen LogP contribution in [0.25, 0.3) is 11.2 Å². The number of hydrogen-bond acceptors (Lipinski definition) is 8. The number of anilines is 1. The van der Waals surface area contributed by atoms with Gasteiger partial charge >= 0.3 is 0 Å². The zero-order valence-corrected chi connectivity index (χ0v) is 9.79. The van der Waals surface area contributed by atoms with Crippen LogP contribution in [-0.2, 0) is 4.74 Å². The van der Waals surface area contributed by atoms with Crippen LogP contribution < -0.4 is 5.73 Å². The highest BCUT2D eigenvalue weighted by molar-refractivity contribution is 5.70. The van der Waals surface area contributed by atoms with Crippen molar-refractivity contribution in [2.75, 3.05) is 12.3 Å². The molecule has 0 saturated carbocycles. The number of aliphatic hydroxyl groups excluding tert-OH is 3. The van der Waals surface area contributed by atoms with Gasteiger partial charge in [-0.05, 0) is 0 Å². The molecule has 1 saturated heterocycles. The molecule has 0 aliphatic carbocycles. The van der Waals surface area contributed by atoms with Crippen molar-refractivity contribution in [3.8, 4) is 0 Å². The molecule has 0 unspecified atom stereocenters. The van der Waals surface area contributed by atoms with Gasteiger partial charge in [0.2, 0.25) is 5.95 Å². The number of aliphatic hydroxyl groups is 3. The van der Waals surface area contributed by atoms with E-state index in [2.05, 4.69) is 15.0 Å². The molecular weight excluding hydrogens is 254 g/mol. The van der Waals surface area contributed by atoms with Gasteiger partial charge in [-0.1, -0.05) is 0 Å². The van der Waals surface area contributed by atoms with Gasteiger partial charge in [-0.15, -0.1) is 0 Å². The Labute approximate surface area is 107 Å². The summed E-state index contributed by atoms with van der Waals surface area (Å²) in [6, 6.07) is 0. The average Bonchev–Trinajstić information content (AvgIpc) is 2.92. The van der Waals surface area contributed by atoms with Crippen molar-refractivity contribution in [2.24, 2.45) is 0 Å². The molecule has 0 radical (unpaired) electrons. The topological polar surface area (TPSA) is 140 Å². The first-order valence-corrected chi connectivity index (χ1v) is 5.69. The Kier molecular flexibility index (Phi) is 2.82. The van der Waals surface area contributed by atoms with E-state index in [1.807, 2.05) is 0 Å². The summed E-state index contributed by atoms with van der Waals surface area (Å²) in [5.74, 6) is 0.0704. The summed E-state index contributed by atoms with van der Waals surface area (Å²) < 4.78 is 6.85. The minimum Gasteiger partial charge on any atom is -0.394 e. The summed E-state index contributed by atoms with van der Waals surface area (Å²) in [5.41, 5.74) is 6.39. The van der Waals surface area contributed by atoms with E-state index >= 15 is 0 Å². The Hall–Kier alpha value is -1.81. The smallest absolute Gasteiger partial charge is 0.222 e. The largest absolute Gasteiger partial charge is 0.394 e. The fourth-order valence-electron chi connectivity index (χ4n) is 2.14. The molecule has 2 aromatic heterocycles. The summed E-state index contributed by atoms with van der Waals surface area (Å²) in [6.45, 7) is -0.390. The monoisotopic (exact) mass is 267 g/mol. The molecule has 0 bridgehead atoms. The van der Waals surface area contributed by atoms with Crippen LogP contribution in [0.1, 0.15) is 6.23 Å². The zero-order chi connectivity index (χ0) is 13.6. The Morgan fingerprint density at radius 1 is 1.32 bits per heavy atom. The summed E-state index contributed by atoms with van der Waals surface area (Å²) in [7, 11) is 0. The minimum absolute atomic E-state index is 0.0704. The molecule has 19 heavy (non-hydrogen) atoms. The van der Waals surface area contributed by atoms with Crippen molar-refractivity contribution in [1.82, 2.24) is 19.5 Å². The predicted octanol–water partition coefficient (Wildman–Crippen LogP) is -1.98. The second kappa shape index (κ2) is 4.38. The molecule has 1 aliphatic heterocycles. The van der Waals surface area contributed by atoms with Crippen LogP contribution in [0.4, 0.5) is 5.95 Å². The maximum Gasteiger partial charge on any atom is 0.222 e. The van der Waals surface area contributed by atoms with Crippen molar-refractivity contribution < 1.29 is 20.1 Å². The molecule has 3 heterocycles. The highest BCUT2D eigenvalue weighted by Crippen LogP contribution is 2.31. The van der Waals surface area contributed by atoms with E-state index in [0.717, 1.165) is 0 Å². The highest BCUT2D eigenvalue weighted by atomic mass is 16.6. The van der Waals surface area contributed by atoms with Crippen LogP contribution in [0.15, 0.2) is 12.5 Å². The van der Waals surface area contributed by atoms with Crippen LogP contribution in [0.3, 0.4) is 0 Å². The molecule has 9 heteroatoms. The molecule has 1 aliphatic rings. The number of nitrogens with zero attached hydrogens (tertiary/aromatic N) is 4. The lowest BCUT2D eigenvalue weighted by molar-refractivity contribution is -0.0511. The fourth-order valence-corrected chi connectivity index (χ4v) is 2.14. The first kappa shape index (κ1) is 12.2. The molecule has 9 nitrogen and oxygen atoms in total. The SMILES string of the molecule is Nc1ncc2ncn([C@H]3O[C@@H](CO)[C@H](O)[C@@H]3O)c2n1. The molecule has 1 fully saturated rings. The van der Waals surface area contributed by atoms with Crippen molar-refractivity contribution in [3.05, 3.63) is 12.5 Å². The van der Waals surface area contributed by atoms with Gasteiger partial charge in [0, 0.05) is 0 Å². The summed E-state index contributed by atoms with van der Waals surface area (Å²) in [5, 5.41) is 28.7. The Morgan fingerprint density at radius 3 is 2.79 bits per heavy atom. The van der Waals surface area contributed by atoms with Crippen LogP contribution in [-0.4, -0.2) is 59.8 Å². The van der Waals surface area contributed by atoms with Gasteiger partial charge in [0.05, 0.1) is 19.1 Å². The molecule has 5 N–H and O–H groups in total. The molecule has 4 atom stereocenters. The quantitative estimate of drug-likeness (QED) is 0.491. The van der Waals surface area contributed by atoms with Gasteiger partial charge in [-0.3, -0.25) is 4.57 Å². The van der Waals surface area contributed by atoms with E-state index in [9.17, 15) is 10.2 Å². The van der Waals surface area contributed by atoms with Crippen molar-refractivity contribution in [1.29, 1.82) is 0 Å². The van der Waals surface area contributed by atoms with Gasteiger partial charge in [-0.25, -0.2) is 9.97 Å². The number of hydrogen-bond donors (Lipinski definition) is 4. The second-order valence-electron chi connectivity index (χ2n) is 4.32. The number of aromatic nitrogens is 4. The molecule has 0 amide bonds. The predicted molar refractivity (Wildman–Crippen MR) is 62.7 cm³/mol. The first-order valence-electron chi connectivity index (χ1n) is 5.69. The summed E-state index contributed by atoms with van der Waals surface area (Å²) >= 11 is 0. The standard InChI is InChI=1S/C10H13N5O4/c11-10-12-1-4-8(14-10)15(3-13-4)9-7(18)6(17)5(2-16)19-9/h1,3,5-7,9,16-18H,2H2,(H2,11,12,14)/t5-,6-,7-,9-/m0/s1. The Balaban J connectivity index is 2.03. The van der Waals surface area contributed by atoms with E-state index in [1.54, 1.807) is 0 Å². The fraction of sp³-hybridized carbons (Fsp3) is 0.500. The third kappa shape index (κ3) is 1.83.